The molecule has 3 aromatic rings. The van der Waals surface area contributed by atoms with E-state index in [9.17, 15) is 9.59 Å². The quantitative estimate of drug-likeness (QED) is 0.740. The number of para-hydroxylation sites is 1. The monoisotopic (exact) mass is 342 g/mol. The van der Waals surface area contributed by atoms with Crippen molar-refractivity contribution < 1.29 is 14.3 Å². The lowest BCUT2D eigenvalue weighted by molar-refractivity contribution is -0.127. The fourth-order valence-electron chi connectivity index (χ4n) is 2.65. The van der Waals surface area contributed by atoms with E-state index < -0.39 is 18.0 Å². The second-order valence-electron chi connectivity index (χ2n) is 5.34. The highest BCUT2D eigenvalue weighted by molar-refractivity contribution is 6.38. The highest BCUT2D eigenvalue weighted by Gasteiger charge is 2.27. The second-order valence-corrected chi connectivity index (χ2v) is 5.72. The minimum absolute atomic E-state index is 0.181. The summed E-state index contributed by atoms with van der Waals surface area (Å²) in [6.07, 6.45) is -1.17. The standard InChI is InChI=1S/C18H15ClN2O3/c1-21-13-10-6-5-9-12(13)14(19)15(21)18(23)24-16(17(20)22)11-7-3-2-4-8-11/h2-10,16H,1H3,(H2,20,22). The minimum atomic E-state index is -1.17. The largest absolute Gasteiger partial charge is 0.443 e. The Morgan fingerprint density at radius 3 is 2.33 bits per heavy atom. The van der Waals surface area contributed by atoms with Gasteiger partial charge in [0.15, 0.2) is 0 Å². The van der Waals surface area contributed by atoms with Crippen LogP contribution in [0.2, 0.25) is 5.02 Å². The number of fused-ring (bicyclic) bond motifs is 1. The molecule has 5 nitrogen and oxygen atoms in total. The number of aryl methyl sites for hydroxylation is 1. The molecular formula is C18H15ClN2O3. The smallest absolute Gasteiger partial charge is 0.357 e. The van der Waals surface area contributed by atoms with Crippen molar-refractivity contribution in [3.05, 3.63) is 70.9 Å². The van der Waals surface area contributed by atoms with Crippen LogP contribution in [0.15, 0.2) is 54.6 Å². The Bertz CT molecular complexity index is 880. The van der Waals surface area contributed by atoms with Crippen molar-refractivity contribution in [3.8, 4) is 0 Å². The van der Waals surface area contributed by atoms with E-state index >= 15 is 0 Å². The number of carbonyl (C=O) groups is 2. The number of esters is 1. The predicted molar refractivity (Wildman–Crippen MR) is 91.7 cm³/mol. The number of primary amides is 1. The first kappa shape index (κ1) is 16.1. The third-order valence-corrected chi connectivity index (χ3v) is 4.21. The van der Waals surface area contributed by atoms with Crippen molar-refractivity contribution in [1.82, 2.24) is 4.57 Å². The summed E-state index contributed by atoms with van der Waals surface area (Å²) in [4.78, 5) is 24.3. The zero-order valence-electron chi connectivity index (χ0n) is 12.9. The molecule has 1 amide bonds. The average molecular weight is 343 g/mol. The van der Waals surface area contributed by atoms with Gasteiger partial charge in [-0.2, -0.15) is 0 Å². The number of rotatable bonds is 4. The summed E-state index contributed by atoms with van der Waals surface area (Å²) in [5.41, 5.74) is 6.87. The molecule has 1 unspecified atom stereocenters. The number of ether oxygens (including phenoxy) is 1. The number of benzene rings is 2. The number of hydrogen-bond acceptors (Lipinski definition) is 3. The zero-order valence-corrected chi connectivity index (χ0v) is 13.7. The molecule has 1 atom stereocenters. The number of amides is 1. The van der Waals surface area contributed by atoms with Crippen LogP contribution in [0.5, 0.6) is 0 Å². The van der Waals surface area contributed by atoms with Crippen LogP contribution < -0.4 is 5.73 Å². The molecule has 2 aromatic carbocycles. The van der Waals surface area contributed by atoms with E-state index in [1.807, 2.05) is 24.3 Å². The molecule has 1 aromatic heterocycles. The first-order chi connectivity index (χ1) is 11.5. The first-order valence-corrected chi connectivity index (χ1v) is 7.66. The third kappa shape index (κ3) is 2.74. The van der Waals surface area contributed by atoms with Crippen molar-refractivity contribution in [2.24, 2.45) is 12.8 Å². The number of nitrogens with zero attached hydrogens (tertiary/aromatic N) is 1. The van der Waals surface area contributed by atoms with Crippen molar-refractivity contribution in [3.63, 3.8) is 0 Å². The summed E-state index contributed by atoms with van der Waals surface area (Å²) < 4.78 is 7.00. The Morgan fingerprint density at radius 2 is 1.71 bits per heavy atom. The summed E-state index contributed by atoms with van der Waals surface area (Å²) in [5, 5.41) is 1.03. The molecule has 0 saturated carbocycles. The molecule has 0 saturated heterocycles. The molecule has 0 radical (unpaired) electrons. The van der Waals surface area contributed by atoms with Crippen molar-refractivity contribution >= 4 is 34.4 Å². The highest BCUT2D eigenvalue weighted by atomic mass is 35.5. The van der Waals surface area contributed by atoms with Gasteiger partial charge in [-0.05, 0) is 6.07 Å². The maximum Gasteiger partial charge on any atom is 0.357 e. The first-order valence-electron chi connectivity index (χ1n) is 7.29. The molecule has 0 bridgehead atoms. The van der Waals surface area contributed by atoms with Crippen LogP contribution >= 0.6 is 11.6 Å². The second kappa shape index (κ2) is 6.37. The molecule has 6 heteroatoms. The van der Waals surface area contributed by atoms with Crippen molar-refractivity contribution in [2.75, 3.05) is 0 Å². The van der Waals surface area contributed by atoms with E-state index in [2.05, 4.69) is 0 Å². The van der Waals surface area contributed by atoms with Gasteiger partial charge >= 0.3 is 5.97 Å². The van der Waals surface area contributed by atoms with Crippen molar-refractivity contribution in [1.29, 1.82) is 0 Å². The maximum absolute atomic E-state index is 12.6. The number of aromatic nitrogens is 1. The van der Waals surface area contributed by atoms with Gasteiger partial charge in [0.05, 0.1) is 5.02 Å². The third-order valence-electron chi connectivity index (χ3n) is 3.82. The average Bonchev–Trinajstić information content (AvgIpc) is 2.84. The molecule has 0 spiro atoms. The number of carbonyl (C=O) groups excluding carboxylic acids is 2. The highest BCUT2D eigenvalue weighted by Crippen LogP contribution is 2.31. The zero-order chi connectivity index (χ0) is 17.3. The van der Waals surface area contributed by atoms with E-state index in [4.69, 9.17) is 22.1 Å². The van der Waals surface area contributed by atoms with Crippen LogP contribution in [0, 0.1) is 0 Å². The van der Waals surface area contributed by atoms with Gasteiger partial charge in [0.1, 0.15) is 5.69 Å². The van der Waals surface area contributed by atoms with Gasteiger partial charge in [-0.3, -0.25) is 4.79 Å². The Hall–Kier alpha value is -2.79. The molecule has 122 valence electrons. The lowest BCUT2D eigenvalue weighted by Gasteiger charge is -2.15. The Morgan fingerprint density at radius 1 is 1.08 bits per heavy atom. The van der Waals surface area contributed by atoms with Crippen LogP contribution in [0.25, 0.3) is 10.9 Å². The summed E-state index contributed by atoms with van der Waals surface area (Å²) in [7, 11) is 1.71. The van der Waals surface area contributed by atoms with Crippen LogP contribution in [-0.2, 0) is 16.6 Å². The Labute approximate surface area is 143 Å². The molecule has 0 aliphatic carbocycles. The van der Waals surface area contributed by atoms with Crippen LogP contribution in [0.3, 0.4) is 0 Å². The predicted octanol–water partition coefficient (Wildman–Crippen LogP) is 3.22. The van der Waals surface area contributed by atoms with E-state index in [1.165, 1.54) is 0 Å². The number of halogens is 1. The molecule has 3 rings (SSSR count). The Kier molecular flexibility index (Phi) is 4.27. The number of hydrogen-bond donors (Lipinski definition) is 1. The lowest BCUT2D eigenvalue weighted by atomic mass is 10.1. The summed E-state index contributed by atoms with van der Waals surface area (Å²) in [6, 6.07) is 16.0. The summed E-state index contributed by atoms with van der Waals surface area (Å²) in [6.45, 7) is 0. The van der Waals surface area contributed by atoms with Crippen LogP contribution in [-0.4, -0.2) is 16.4 Å². The van der Waals surface area contributed by atoms with E-state index in [-0.39, 0.29) is 10.7 Å². The van der Waals surface area contributed by atoms with E-state index in [1.54, 1.807) is 41.9 Å². The molecule has 0 aliphatic heterocycles. The Balaban J connectivity index is 1.99. The van der Waals surface area contributed by atoms with Crippen LogP contribution in [0.1, 0.15) is 22.2 Å². The van der Waals surface area contributed by atoms with Crippen molar-refractivity contribution in [2.45, 2.75) is 6.10 Å². The summed E-state index contributed by atoms with van der Waals surface area (Å²) in [5.74, 6) is -1.45. The molecule has 0 aliphatic rings. The van der Waals surface area contributed by atoms with E-state index in [0.29, 0.717) is 5.56 Å². The van der Waals surface area contributed by atoms with Gasteiger partial charge < -0.3 is 15.0 Å². The normalized spacial score (nSPS) is 12.1. The van der Waals surface area contributed by atoms with Gasteiger partial charge in [0.25, 0.3) is 5.91 Å². The topological polar surface area (TPSA) is 74.3 Å². The molecule has 1 heterocycles. The van der Waals surface area contributed by atoms with Gasteiger partial charge in [0.2, 0.25) is 6.10 Å². The van der Waals surface area contributed by atoms with Gasteiger partial charge in [-0.25, -0.2) is 4.79 Å². The molecule has 0 fully saturated rings. The fraction of sp³-hybridized carbons (Fsp3) is 0.111. The summed E-state index contributed by atoms with van der Waals surface area (Å²) >= 11 is 6.33. The maximum atomic E-state index is 12.6. The SMILES string of the molecule is Cn1c(C(=O)OC(C(N)=O)c2ccccc2)c(Cl)c2ccccc21. The molecule has 2 N–H and O–H groups in total. The number of nitrogens with two attached hydrogens (primary N) is 1. The lowest BCUT2D eigenvalue weighted by Crippen LogP contribution is -2.27. The van der Waals surface area contributed by atoms with Gasteiger partial charge in [0, 0.05) is 23.5 Å². The fourth-order valence-corrected chi connectivity index (χ4v) is 3.02. The molecular weight excluding hydrogens is 328 g/mol. The van der Waals surface area contributed by atoms with E-state index in [0.717, 1.165) is 10.9 Å². The minimum Gasteiger partial charge on any atom is -0.443 e. The van der Waals surface area contributed by atoms with Gasteiger partial charge in [-0.15, -0.1) is 0 Å². The molecule has 24 heavy (non-hydrogen) atoms. The van der Waals surface area contributed by atoms with Crippen LogP contribution in [0.4, 0.5) is 0 Å². The van der Waals surface area contributed by atoms with Gasteiger partial charge in [-0.1, -0.05) is 60.1 Å².